The van der Waals surface area contributed by atoms with Crippen molar-refractivity contribution in [2.24, 2.45) is 7.05 Å². The Morgan fingerprint density at radius 2 is 2.60 bits per heavy atom. The molecule has 1 fully saturated rings. The summed E-state index contributed by atoms with van der Waals surface area (Å²) in [5.74, 6) is 0.966. The molecule has 1 aliphatic rings. The van der Waals surface area contributed by atoms with E-state index in [0.717, 1.165) is 19.0 Å². The third-order valence-electron chi connectivity index (χ3n) is 2.81. The second-order valence-electron chi connectivity index (χ2n) is 4.07. The fraction of sp³-hybridized carbons (Fsp3) is 0.800. The molecule has 2 unspecified atom stereocenters. The molecule has 0 saturated carbocycles. The minimum absolute atomic E-state index is 0.224. The van der Waals surface area contributed by atoms with Crippen LogP contribution in [0.15, 0.2) is 6.33 Å². The maximum Gasteiger partial charge on any atom is 0.149 e. The standard InChI is InChI=1S/C10H18N4O/c1-8(10-13-12-7-14(10)2)11-6-9-4-3-5-15-9/h7-9,11H,3-6H2,1-2H3. The maximum atomic E-state index is 5.55. The summed E-state index contributed by atoms with van der Waals surface area (Å²) in [5, 5.41) is 11.4. The second kappa shape index (κ2) is 4.72. The van der Waals surface area contributed by atoms with Crippen LogP contribution in [0.25, 0.3) is 0 Å². The Labute approximate surface area is 89.8 Å². The van der Waals surface area contributed by atoms with Crippen molar-refractivity contribution in [1.82, 2.24) is 20.1 Å². The van der Waals surface area contributed by atoms with Crippen molar-refractivity contribution in [3.05, 3.63) is 12.2 Å². The Bertz CT molecular complexity index is 306. The van der Waals surface area contributed by atoms with Crippen LogP contribution in [0, 0.1) is 0 Å². The van der Waals surface area contributed by atoms with Gasteiger partial charge in [-0.15, -0.1) is 10.2 Å². The summed E-state index contributed by atoms with van der Waals surface area (Å²) in [6.45, 7) is 3.90. The molecule has 15 heavy (non-hydrogen) atoms. The first-order chi connectivity index (χ1) is 7.27. The lowest BCUT2D eigenvalue weighted by Crippen LogP contribution is -2.29. The molecule has 1 N–H and O–H groups in total. The summed E-state index contributed by atoms with van der Waals surface area (Å²) in [6, 6.07) is 0.224. The monoisotopic (exact) mass is 210 g/mol. The minimum atomic E-state index is 0.224. The molecular weight excluding hydrogens is 192 g/mol. The molecule has 5 heteroatoms. The number of nitrogens with one attached hydrogen (secondary N) is 1. The summed E-state index contributed by atoms with van der Waals surface area (Å²) >= 11 is 0. The Balaban J connectivity index is 1.81. The average Bonchev–Trinajstić information content (AvgIpc) is 2.84. The summed E-state index contributed by atoms with van der Waals surface area (Å²) in [4.78, 5) is 0. The van der Waals surface area contributed by atoms with Gasteiger partial charge in [-0.25, -0.2) is 0 Å². The molecule has 2 heterocycles. The predicted molar refractivity (Wildman–Crippen MR) is 56.4 cm³/mol. The van der Waals surface area contributed by atoms with Crippen LogP contribution in [0.3, 0.4) is 0 Å². The summed E-state index contributed by atoms with van der Waals surface area (Å²) in [6.07, 6.45) is 4.45. The number of hydrogen-bond acceptors (Lipinski definition) is 4. The van der Waals surface area contributed by atoms with Gasteiger partial charge < -0.3 is 14.6 Å². The quantitative estimate of drug-likeness (QED) is 0.792. The fourth-order valence-corrected chi connectivity index (χ4v) is 1.89. The lowest BCUT2D eigenvalue weighted by molar-refractivity contribution is 0.107. The first kappa shape index (κ1) is 10.6. The Kier molecular flexibility index (Phi) is 3.33. The second-order valence-corrected chi connectivity index (χ2v) is 4.07. The number of rotatable bonds is 4. The van der Waals surface area contributed by atoms with Crippen LogP contribution in [0.2, 0.25) is 0 Å². The average molecular weight is 210 g/mol. The van der Waals surface area contributed by atoms with Gasteiger partial charge in [0.1, 0.15) is 12.2 Å². The Hall–Kier alpha value is -0.940. The van der Waals surface area contributed by atoms with Crippen LogP contribution >= 0.6 is 0 Å². The molecule has 0 aromatic carbocycles. The fourth-order valence-electron chi connectivity index (χ4n) is 1.89. The largest absolute Gasteiger partial charge is 0.377 e. The lowest BCUT2D eigenvalue weighted by Gasteiger charge is -2.15. The van der Waals surface area contributed by atoms with Crippen LogP contribution in [0.4, 0.5) is 0 Å². The molecule has 1 saturated heterocycles. The van der Waals surface area contributed by atoms with Crippen molar-refractivity contribution in [2.75, 3.05) is 13.2 Å². The minimum Gasteiger partial charge on any atom is -0.377 e. The molecule has 0 spiro atoms. The van der Waals surface area contributed by atoms with Gasteiger partial charge in [-0.1, -0.05) is 0 Å². The van der Waals surface area contributed by atoms with E-state index in [1.807, 2.05) is 11.6 Å². The van der Waals surface area contributed by atoms with Crippen molar-refractivity contribution in [2.45, 2.75) is 31.9 Å². The summed E-state index contributed by atoms with van der Waals surface area (Å²) < 4.78 is 7.48. The molecule has 0 radical (unpaired) electrons. The first-order valence-electron chi connectivity index (χ1n) is 5.46. The van der Waals surface area contributed by atoms with Crippen molar-refractivity contribution in [1.29, 1.82) is 0 Å². The van der Waals surface area contributed by atoms with E-state index in [1.54, 1.807) is 6.33 Å². The van der Waals surface area contributed by atoms with E-state index in [4.69, 9.17) is 4.74 Å². The van der Waals surface area contributed by atoms with Crippen molar-refractivity contribution in [3.63, 3.8) is 0 Å². The van der Waals surface area contributed by atoms with Crippen LogP contribution in [-0.2, 0) is 11.8 Å². The van der Waals surface area contributed by atoms with E-state index in [-0.39, 0.29) is 6.04 Å². The van der Waals surface area contributed by atoms with E-state index in [2.05, 4.69) is 22.4 Å². The normalized spacial score (nSPS) is 23.2. The molecule has 1 aromatic heterocycles. The molecule has 0 aliphatic carbocycles. The zero-order chi connectivity index (χ0) is 10.7. The molecule has 0 bridgehead atoms. The van der Waals surface area contributed by atoms with Gasteiger partial charge in [-0.2, -0.15) is 0 Å². The highest BCUT2D eigenvalue weighted by atomic mass is 16.5. The van der Waals surface area contributed by atoms with Crippen molar-refractivity contribution >= 4 is 0 Å². The molecule has 84 valence electrons. The van der Waals surface area contributed by atoms with Gasteiger partial charge in [-0.3, -0.25) is 0 Å². The van der Waals surface area contributed by atoms with Gasteiger partial charge >= 0.3 is 0 Å². The van der Waals surface area contributed by atoms with Crippen LogP contribution in [0.5, 0.6) is 0 Å². The zero-order valence-corrected chi connectivity index (χ0v) is 9.31. The van der Waals surface area contributed by atoms with Gasteiger partial charge in [0.2, 0.25) is 0 Å². The van der Waals surface area contributed by atoms with E-state index in [0.29, 0.717) is 6.10 Å². The van der Waals surface area contributed by atoms with E-state index in [9.17, 15) is 0 Å². The van der Waals surface area contributed by atoms with Crippen LogP contribution < -0.4 is 5.32 Å². The number of ether oxygens (including phenoxy) is 1. The van der Waals surface area contributed by atoms with E-state index < -0.39 is 0 Å². The molecule has 2 atom stereocenters. The molecule has 5 nitrogen and oxygen atoms in total. The van der Waals surface area contributed by atoms with Crippen LogP contribution in [-0.4, -0.2) is 34.0 Å². The molecule has 1 aromatic rings. The molecular formula is C10H18N4O. The highest BCUT2D eigenvalue weighted by Gasteiger charge is 2.17. The SMILES string of the molecule is CC(NCC1CCCO1)c1nncn1C. The van der Waals surface area contributed by atoms with Crippen molar-refractivity contribution < 1.29 is 4.74 Å². The van der Waals surface area contributed by atoms with Gasteiger partial charge in [0.05, 0.1) is 12.1 Å². The highest BCUT2D eigenvalue weighted by molar-refractivity contribution is 4.92. The highest BCUT2D eigenvalue weighted by Crippen LogP contribution is 2.13. The summed E-state index contributed by atoms with van der Waals surface area (Å²) in [7, 11) is 1.96. The van der Waals surface area contributed by atoms with Crippen LogP contribution in [0.1, 0.15) is 31.6 Å². The number of hydrogen-bond donors (Lipinski definition) is 1. The smallest absolute Gasteiger partial charge is 0.149 e. The third kappa shape index (κ3) is 2.54. The van der Waals surface area contributed by atoms with Gasteiger partial charge in [-0.05, 0) is 19.8 Å². The lowest BCUT2D eigenvalue weighted by atomic mass is 10.2. The number of aryl methyl sites for hydroxylation is 1. The summed E-state index contributed by atoms with van der Waals surface area (Å²) in [5.41, 5.74) is 0. The predicted octanol–water partition coefficient (Wildman–Crippen LogP) is 0.645. The van der Waals surface area contributed by atoms with E-state index >= 15 is 0 Å². The Morgan fingerprint density at radius 1 is 1.73 bits per heavy atom. The molecule has 2 rings (SSSR count). The Morgan fingerprint density at radius 3 is 3.20 bits per heavy atom. The third-order valence-corrected chi connectivity index (χ3v) is 2.81. The van der Waals surface area contributed by atoms with Crippen molar-refractivity contribution in [3.8, 4) is 0 Å². The van der Waals surface area contributed by atoms with Gasteiger partial charge in [0.15, 0.2) is 0 Å². The van der Waals surface area contributed by atoms with E-state index in [1.165, 1.54) is 12.8 Å². The topological polar surface area (TPSA) is 52.0 Å². The van der Waals surface area contributed by atoms with Gasteiger partial charge in [0, 0.05) is 20.2 Å². The van der Waals surface area contributed by atoms with Gasteiger partial charge in [0.25, 0.3) is 0 Å². The first-order valence-corrected chi connectivity index (χ1v) is 5.46. The maximum absolute atomic E-state index is 5.55. The number of aromatic nitrogens is 3. The number of nitrogens with zero attached hydrogens (tertiary/aromatic N) is 3. The molecule has 0 amide bonds. The molecule has 1 aliphatic heterocycles. The zero-order valence-electron chi connectivity index (χ0n) is 9.31.